The maximum atomic E-state index is 12.3. The number of benzene rings is 2. The molecule has 1 aromatic heterocycles. The van der Waals surface area contributed by atoms with Crippen LogP contribution < -0.4 is 4.87 Å². The largest absolute Gasteiger partial charge is 0.493 e. The average molecular weight is 413 g/mol. The predicted octanol–water partition coefficient (Wildman–Crippen LogP) is 4.68. The minimum atomic E-state index is -0.183. The molecule has 0 spiro atoms. The van der Waals surface area contributed by atoms with Gasteiger partial charge in [-0.1, -0.05) is 57.6 Å². The zero-order chi connectivity index (χ0) is 17.4. The van der Waals surface area contributed by atoms with Crippen molar-refractivity contribution in [2.24, 2.45) is 4.99 Å². The Kier molecular flexibility index (Phi) is 4.15. The Morgan fingerprint density at radius 2 is 2.00 bits per heavy atom. The number of aromatic nitrogens is 1. The van der Waals surface area contributed by atoms with Crippen LogP contribution >= 0.6 is 27.3 Å². The lowest BCUT2D eigenvalue weighted by molar-refractivity contribution is 0.420. The van der Waals surface area contributed by atoms with Gasteiger partial charge in [-0.25, -0.2) is 0 Å². The van der Waals surface area contributed by atoms with Crippen LogP contribution in [-0.4, -0.2) is 15.9 Å². The topological polar surface area (TPSA) is 54.6 Å². The van der Waals surface area contributed by atoms with E-state index in [1.54, 1.807) is 6.21 Å². The van der Waals surface area contributed by atoms with Gasteiger partial charge in [0.15, 0.2) is 0 Å². The minimum absolute atomic E-state index is 0.0109. The molecular formula is C19H13BrN2O2S. The molecule has 0 unspecified atom stereocenters. The number of rotatable bonds is 3. The van der Waals surface area contributed by atoms with Crippen LogP contribution in [0, 0.1) is 0 Å². The van der Waals surface area contributed by atoms with Crippen LogP contribution in [0.1, 0.15) is 16.0 Å². The first-order valence-electron chi connectivity index (χ1n) is 7.64. The number of fused-ring (bicyclic) bond motifs is 1. The molecule has 0 radical (unpaired) electrons. The molecule has 3 aromatic rings. The minimum Gasteiger partial charge on any atom is -0.493 e. The quantitative estimate of drug-likeness (QED) is 0.678. The van der Waals surface area contributed by atoms with Crippen molar-refractivity contribution in [2.45, 2.75) is 6.54 Å². The fourth-order valence-electron chi connectivity index (χ4n) is 2.73. The van der Waals surface area contributed by atoms with Crippen molar-refractivity contribution in [3.05, 3.63) is 78.7 Å². The van der Waals surface area contributed by atoms with E-state index in [0.29, 0.717) is 11.4 Å². The lowest BCUT2D eigenvalue weighted by Crippen LogP contribution is -2.13. The van der Waals surface area contributed by atoms with Crippen LogP contribution in [0.5, 0.6) is 5.88 Å². The molecule has 25 heavy (non-hydrogen) atoms. The molecule has 0 amide bonds. The van der Waals surface area contributed by atoms with Gasteiger partial charge in [-0.05, 0) is 29.8 Å². The van der Waals surface area contributed by atoms with Crippen molar-refractivity contribution >= 4 is 50.8 Å². The highest BCUT2D eigenvalue weighted by Crippen LogP contribution is 2.36. The molecule has 0 saturated carbocycles. The predicted molar refractivity (Wildman–Crippen MR) is 106 cm³/mol. The monoisotopic (exact) mass is 412 g/mol. The fraction of sp³-hybridized carbons (Fsp3) is 0.0526. The molecule has 1 aliphatic heterocycles. The first-order chi connectivity index (χ1) is 12.1. The number of thiazole rings is 1. The lowest BCUT2D eigenvalue weighted by atomic mass is 10.1. The molecule has 4 nitrogen and oxygen atoms in total. The molecule has 1 aliphatic rings. The Balaban J connectivity index is 1.72. The molecule has 0 saturated heterocycles. The van der Waals surface area contributed by atoms with Crippen molar-refractivity contribution in [3.8, 4) is 5.88 Å². The summed E-state index contributed by atoms with van der Waals surface area (Å²) in [7, 11) is 0. The van der Waals surface area contributed by atoms with Gasteiger partial charge in [0.2, 0.25) is 5.88 Å². The number of aliphatic imine (C=N–C) groups is 1. The summed E-state index contributed by atoms with van der Waals surface area (Å²) in [5.41, 5.74) is 3.70. The first kappa shape index (κ1) is 16.1. The SMILES string of the molecule is O=c1sc(C=C2C=Nc3ccc(Br)cc32)c(O)n1Cc1ccccc1. The summed E-state index contributed by atoms with van der Waals surface area (Å²) >= 11 is 4.49. The summed E-state index contributed by atoms with van der Waals surface area (Å²) < 4.78 is 2.35. The van der Waals surface area contributed by atoms with Crippen molar-refractivity contribution in [3.63, 3.8) is 0 Å². The molecule has 0 bridgehead atoms. The van der Waals surface area contributed by atoms with E-state index in [9.17, 15) is 9.90 Å². The summed E-state index contributed by atoms with van der Waals surface area (Å²) in [6.07, 6.45) is 3.56. The van der Waals surface area contributed by atoms with Gasteiger partial charge in [-0.2, -0.15) is 0 Å². The molecule has 124 valence electrons. The van der Waals surface area contributed by atoms with Crippen LogP contribution in [0.25, 0.3) is 11.6 Å². The third kappa shape index (κ3) is 3.10. The van der Waals surface area contributed by atoms with Gasteiger partial charge in [-0.15, -0.1) is 0 Å². The molecule has 0 aliphatic carbocycles. The summed E-state index contributed by atoms with van der Waals surface area (Å²) in [5.74, 6) is -0.0109. The fourth-order valence-corrected chi connectivity index (χ4v) is 3.93. The maximum Gasteiger partial charge on any atom is 0.310 e. The van der Waals surface area contributed by atoms with Gasteiger partial charge in [0.25, 0.3) is 0 Å². The van der Waals surface area contributed by atoms with Crippen molar-refractivity contribution in [1.82, 2.24) is 4.57 Å². The zero-order valence-corrected chi connectivity index (χ0v) is 15.4. The number of hydrogen-bond acceptors (Lipinski definition) is 4. The van der Waals surface area contributed by atoms with Gasteiger partial charge in [0.05, 0.1) is 17.1 Å². The summed E-state index contributed by atoms with van der Waals surface area (Å²) in [6.45, 7) is 0.349. The summed E-state index contributed by atoms with van der Waals surface area (Å²) in [5, 5.41) is 10.5. The van der Waals surface area contributed by atoms with E-state index in [1.165, 1.54) is 4.57 Å². The van der Waals surface area contributed by atoms with Crippen LogP contribution in [0.4, 0.5) is 5.69 Å². The van der Waals surface area contributed by atoms with E-state index in [0.717, 1.165) is 38.2 Å². The van der Waals surface area contributed by atoms with Crippen LogP contribution in [0.2, 0.25) is 0 Å². The van der Waals surface area contributed by atoms with Gasteiger partial charge in [-0.3, -0.25) is 14.4 Å². The van der Waals surface area contributed by atoms with Gasteiger partial charge < -0.3 is 5.11 Å². The second-order valence-corrected chi connectivity index (χ2v) is 7.56. The van der Waals surface area contributed by atoms with Gasteiger partial charge in [0, 0.05) is 21.8 Å². The van der Waals surface area contributed by atoms with Crippen molar-refractivity contribution in [2.75, 3.05) is 0 Å². The number of nitrogens with zero attached hydrogens (tertiary/aromatic N) is 2. The number of hydrogen-bond donors (Lipinski definition) is 1. The lowest BCUT2D eigenvalue weighted by Gasteiger charge is -2.04. The highest BCUT2D eigenvalue weighted by atomic mass is 79.9. The normalized spacial score (nSPS) is 14.2. The highest BCUT2D eigenvalue weighted by molar-refractivity contribution is 9.10. The van der Waals surface area contributed by atoms with Crippen LogP contribution in [0.3, 0.4) is 0 Å². The van der Waals surface area contributed by atoms with E-state index < -0.39 is 0 Å². The first-order valence-corrected chi connectivity index (χ1v) is 9.25. The van der Waals surface area contributed by atoms with Crippen molar-refractivity contribution in [1.29, 1.82) is 0 Å². The van der Waals surface area contributed by atoms with Crippen LogP contribution in [-0.2, 0) is 6.54 Å². The van der Waals surface area contributed by atoms with E-state index in [4.69, 9.17) is 0 Å². The highest BCUT2D eigenvalue weighted by Gasteiger charge is 2.17. The Bertz CT molecular complexity index is 1060. The molecule has 6 heteroatoms. The third-order valence-electron chi connectivity index (χ3n) is 3.98. The van der Waals surface area contributed by atoms with E-state index in [1.807, 2.05) is 54.6 Å². The summed E-state index contributed by atoms with van der Waals surface area (Å²) in [6, 6.07) is 15.5. The number of aromatic hydroxyl groups is 1. The van der Waals surface area contributed by atoms with E-state index in [2.05, 4.69) is 20.9 Å². The molecule has 0 fully saturated rings. The molecule has 0 atom stereocenters. The maximum absolute atomic E-state index is 12.3. The van der Waals surface area contributed by atoms with Crippen molar-refractivity contribution < 1.29 is 5.11 Å². The molecule has 4 rings (SSSR count). The van der Waals surface area contributed by atoms with E-state index >= 15 is 0 Å². The number of halogens is 1. The standard InChI is InChI=1S/C19H13BrN2O2S/c20-14-6-7-16-15(9-14)13(10-21-16)8-17-18(23)22(19(24)25-17)11-12-4-2-1-3-5-12/h1-10,23H,11H2. The van der Waals surface area contributed by atoms with E-state index in [-0.39, 0.29) is 10.8 Å². The molecule has 2 heterocycles. The average Bonchev–Trinajstić information content (AvgIpc) is 3.12. The molecule has 2 aromatic carbocycles. The molecular weight excluding hydrogens is 400 g/mol. The van der Waals surface area contributed by atoms with Crippen LogP contribution in [0.15, 0.2) is 62.8 Å². The second-order valence-electron chi connectivity index (χ2n) is 5.65. The Labute approximate surface area is 156 Å². The smallest absolute Gasteiger partial charge is 0.310 e. The van der Waals surface area contributed by atoms with Gasteiger partial charge >= 0.3 is 4.87 Å². The van der Waals surface area contributed by atoms with Gasteiger partial charge in [0.1, 0.15) is 0 Å². The second kappa shape index (κ2) is 6.46. The summed E-state index contributed by atoms with van der Waals surface area (Å²) in [4.78, 5) is 17.0. The third-order valence-corrected chi connectivity index (χ3v) is 5.38. The Morgan fingerprint density at radius 3 is 2.80 bits per heavy atom. The molecule has 1 N–H and O–H groups in total. The Morgan fingerprint density at radius 1 is 1.20 bits per heavy atom. The Hall–Kier alpha value is -2.44. The number of allylic oxidation sites excluding steroid dienone is 1. The zero-order valence-electron chi connectivity index (χ0n) is 13.0.